The monoisotopic (exact) mass is 290 g/mol. The number of carbonyl (C=O) groups is 1. The first-order chi connectivity index (χ1) is 8.16. The number of aromatic carboxylic acids is 1. The molecular weight excluding hydrogens is 282 g/mol. The summed E-state index contributed by atoms with van der Waals surface area (Å²) in [5.41, 5.74) is 2.83. The van der Waals surface area contributed by atoms with Crippen molar-refractivity contribution < 1.29 is 9.90 Å². The fraction of sp³-hybridized carbons (Fsp3) is 0.231. The maximum absolute atomic E-state index is 11.3. The third-order valence-electron chi connectivity index (χ3n) is 3.18. The minimum atomic E-state index is -1.10. The van der Waals surface area contributed by atoms with Gasteiger partial charge in [-0.15, -0.1) is 0 Å². The lowest BCUT2D eigenvalue weighted by Crippen LogP contribution is -2.24. The molecule has 0 unspecified atom stereocenters. The van der Waals surface area contributed by atoms with Crippen molar-refractivity contribution in [3.05, 3.63) is 39.5 Å². The van der Waals surface area contributed by atoms with Crippen molar-refractivity contribution in [2.75, 3.05) is 0 Å². The van der Waals surface area contributed by atoms with Gasteiger partial charge in [0.05, 0.1) is 11.5 Å². The Bertz CT molecular complexity index is 637. The summed E-state index contributed by atoms with van der Waals surface area (Å²) in [6, 6.07) is 5.51. The van der Waals surface area contributed by atoms with Crippen molar-refractivity contribution >= 4 is 32.8 Å². The lowest BCUT2D eigenvalue weighted by atomic mass is 10.0. The maximum atomic E-state index is 11.3. The number of pyridine rings is 1. The standard InChI is InChI=1S/C13H10BrNO2/c14-7-4-5-11-9(6-7)12(13(16)17)8-2-1-3-10(8)15-11/h4-6H,1-3H2,(H,16,17)/p-1. The van der Waals surface area contributed by atoms with Crippen molar-refractivity contribution in [2.45, 2.75) is 19.3 Å². The number of aryl methyl sites for hydroxylation is 1. The fourth-order valence-corrected chi connectivity index (χ4v) is 2.83. The summed E-state index contributed by atoms with van der Waals surface area (Å²) in [4.78, 5) is 15.9. The Hall–Kier alpha value is -1.42. The molecule has 17 heavy (non-hydrogen) atoms. The van der Waals surface area contributed by atoms with Crippen LogP contribution in [-0.4, -0.2) is 11.0 Å². The molecule has 3 nitrogen and oxygen atoms in total. The average molecular weight is 291 g/mol. The number of carboxylic acid groups (broad SMARTS) is 1. The molecular formula is C13H9BrNO2-. The molecule has 0 atom stereocenters. The van der Waals surface area contributed by atoms with Crippen molar-refractivity contribution in [2.24, 2.45) is 0 Å². The van der Waals surface area contributed by atoms with Crippen molar-refractivity contribution in [3.63, 3.8) is 0 Å². The Morgan fingerprint density at radius 3 is 2.94 bits per heavy atom. The molecule has 0 spiro atoms. The Labute approximate surface area is 107 Å². The first kappa shape index (κ1) is 10.7. The molecule has 1 aliphatic rings. The molecule has 0 amide bonds. The highest BCUT2D eigenvalue weighted by molar-refractivity contribution is 9.10. The van der Waals surface area contributed by atoms with Crippen LogP contribution < -0.4 is 5.11 Å². The highest BCUT2D eigenvalue weighted by Crippen LogP contribution is 2.30. The van der Waals surface area contributed by atoms with Gasteiger partial charge in [0.2, 0.25) is 0 Å². The molecule has 0 saturated carbocycles. The number of carbonyl (C=O) groups excluding carboxylic acids is 1. The van der Waals surface area contributed by atoms with Crippen LogP contribution in [0.15, 0.2) is 22.7 Å². The summed E-state index contributed by atoms with van der Waals surface area (Å²) in [6.45, 7) is 0. The highest BCUT2D eigenvalue weighted by atomic mass is 79.9. The molecule has 1 heterocycles. The van der Waals surface area contributed by atoms with E-state index in [0.29, 0.717) is 10.9 Å². The SMILES string of the molecule is O=C([O-])c1c2c(nc3ccc(Br)cc13)CCC2. The number of hydrogen-bond acceptors (Lipinski definition) is 3. The molecule has 0 saturated heterocycles. The van der Waals surface area contributed by atoms with Gasteiger partial charge < -0.3 is 9.90 Å². The van der Waals surface area contributed by atoms with Gasteiger partial charge >= 0.3 is 0 Å². The van der Waals surface area contributed by atoms with E-state index >= 15 is 0 Å². The highest BCUT2D eigenvalue weighted by Gasteiger charge is 2.19. The third-order valence-corrected chi connectivity index (χ3v) is 3.67. The number of aromatic nitrogens is 1. The molecule has 86 valence electrons. The van der Waals surface area contributed by atoms with E-state index in [0.717, 1.165) is 40.5 Å². The molecule has 0 fully saturated rings. The minimum Gasteiger partial charge on any atom is -0.545 e. The zero-order chi connectivity index (χ0) is 12.0. The number of rotatable bonds is 1. The Morgan fingerprint density at radius 2 is 2.18 bits per heavy atom. The van der Waals surface area contributed by atoms with E-state index in [1.54, 1.807) is 6.07 Å². The van der Waals surface area contributed by atoms with Gasteiger partial charge in [0.1, 0.15) is 0 Å². The number of fused-ring (bicyclic) bond motifs is 2. The van der Waals surface area contributed by atoms with Crippen LogP contribution >= 0.6 is 15.9 Å². The van der Waals surface area contributed by atoms with E-state index in [9.17, 15) is 9.90 Å². The van der Waals surface area contributed by atoms with Crippen LogP contribution in [0.3, 0.4) is 0 Å². The van der Waals surface area contributed by atoms with Crippen molar-refractivity contribution in [1.29, 1.82) is 0 Å². The molecule has 0 bridgehead atoms. The minimum absolute atomic E-state index is 0.323. The number of nitrogens with zero attached hydrogens (tertiary/aromatic N) is 1. The topological polar surface area (TPSA) is 53.0 Å². The van der Waals surface area contributed by atoms with Gasteiger partial charge in [0, 0.05) is 21.1 Å². The van der Waals surface area contributed by atoms with Crippen molar-refractivity contribution in [1.82, 2.24) is 4.98 Å². The van der Waals surface area contributed by atoms with Crippen LogP contribution in [0.5, 0.6) is 0 Å². The maximum Gasteiger partial charge on any atom is 0.0725 e. The van der Waals surface area contributed by atoms with Gasteiger partial charge in [0.15, 0.2) is 0 Å². The second-order valence-corrected chi connectivity index (χ2v) is 5.13. The van der Waals surface area contributed by atoms with Crippen LogP contribution in [0, 0.1) is 0 Å². The fourth-order valence-electron chi connectivity index (χ4n) is 2.47. The van der Waals surface area contributed by atoms with E-state index in [1.807, 2.05) is 12.1 Å². The quantitative estimate of drug-likeness (QED) is 0.805. The van der Waals surface area contributed by atoms with Gasteiger partial charge in [0.25, 0.3) is 0 Å². The summed E-state index contributed by atoms with van der Waals surface area (Å²) in [5.74, 6) is -1.10. The molecule has 0 N–H and O–H groups in total. The molecule has 1 aliphatic carbocycles. The summed E-state index contributed by atoms with van der Waals surface area (Å²) in [6.07, 6.45) is 2.62. The Balaban J connectivity index is 2.45. The number of halogens is 1. The van der Waals surface area contributed by atoms with Gasteiger partial charge in [-0.2, -0.15) is 0 Å². The second kappa shape index (κ2) is 3.81. The zero-order valence-corrected chi connectivity index (χ0v) is 10.6. The smallest absolute Gasteiger partial charge is 0.0725 e. The van der Waals surface area contributed by atoms with E-state index in [-0.39, 0.29) is 0 Å². The summed E-state index contributed by atoms with van der Waals surface area (Å²) >= 11 is 3.36. The Kier molecular flexibility index (Phi) is 2.40. The van der Waals surface area contributed by atoms with E-state index in [2.05, 4.69) is 20.9 Å². The van der Waals surface area contributed by atoms with Gasteiger partial charge in [-0.05, 0) is 43.0 Å². The first-order valence-electron chi connectivity index (χ1n) is 5.49. The van der Waals surface area contributed by atoms with Crippen molar-refractivity contribution in [3.8, 4) is 0 Å². The molecule has 0 radical (unpaired) electrons. The molecule has 1 aromatic heterocycles. The van der Waals surface area contributed by atoms with Crippen LogP contribution in [0.4, 0.5) is 0 Å². The van der Waals surface area contributed by atoms with Gasteiger partial charge in [-0.1, -0.05) is 15.9 Å². The molecule has 4 heteroatoms. The van der Waals surface area contributed by atoms with Gasteiger partial charge in [-0.3, -0.25) is 4.98 Å². The summed E-state index contributed by atoms with van der Waals surface area (Å²) < 4.78 is 0.854. The predicted octanol–water partition coefficient (Wildman–Crippen LogP) is 1.85. The van der Waals surface area contributed by atoms with Crippen LogP contribution in [0.2, 0.25) is 0 Å². The zero-order valence-electron chi connectivity index (χ0n) is 9.00. The number of carboxylic acids is 1. The predicted molar refractivity (Wildman–Crippen MR) is 65.8 cm³/mol. The lowest BCUT2D eigenvalue weighted by molar-refractivity contribution is -0.254. The molecule has 0 aliphatic heterocycles. The number of benzene rings is 1. The van der Waals surface area contributed by atoms with Crippen LogP contribution in [-0.2, 0) is 12.8 Å². The lowest BCUT2D eigenvalue weighted by Gasteiger charge is -2.13. The molecule has 2 aromatic rings. The Morgan fingerprint density at radius 1 is 1.35 bits per heavy atom. The van der Waals surface area contributed by atoms with E-state index in [1.165, 1.54) is 0 Å². The molecule has 3 rings (SSSR count). The largest absolute Gasteiger partial charge is 0.545 e. The summed E-state index contributed by atoms with van der Waals surface area (Å²) in [7, 11) is 0. The third kappa shape index (κ3) is 1.63. The van der Waals surface area contributed by atoms with E-state index < -0.39 is 5.97 Å². The van der Waals surface area contributed by atoms with E-state index in [4.69, 9.17) is 0 Å². The first-order valence-corrected chi connectivity index (χ1v) is 6.28. The normalized spacial score (nSPS) is 13.9. The van der Waals surface area contributed by atoms with Crippen LogP contribution in [0.1, 0.15) is 28.0 Å². The average Bonchev–Trinajstić information content (AvgIpc) is 2.72. The molecule has 1 aromatic carbocycles. The second-order valence-electron chi connectivity index (χ2n) is 4.21. The van der Waals surface area contributed by atoms with Gasteiger partial charge in [-0.25, -0.2) is 0 Å². The van der Waals surface area contributed by atoms with Crippen LogP contribution in [0.25, 0.3) is 10.9 Å². The summed E-state index contributed by atoms with van der Waals surface area (Å²) in [5, 5.41) is 12.0. The number of hydrogen-bond donors (Lipinski definition) is 0.